The molecule has 2 aliphatic rings. The van der Waals surface area contributed by atoms with Crippen molar-refractivity contribution in [1.29, 1.82) is 0 Å². The van der Waals surface area contributed by atoms with E-state index >= 15 is 0 Å². The number of furan rings is 1. The van der Waals surface area contributed by atoms with Gasteiger partial charge in [-0.05, 0) is 51.0 Å². The first kappa shape index (κ1) is 19.7. The summed E-state index contributed by atoms with van der Waals surface area (Å²) in [6.07, 6.45) is 4.66. The zero-order valence-corrected chi connectivity index (χ0v) is 17.5. The molecule has 0 radical (unpaired) electrons. The van der Waals surface area contributed by atoms with Gasteiger partial charge in [0.25, 0.3) is 5.91 Å². The first-order valence-corrected chi connectivity index (χ1v) is 10.7. The van der Waals surface area contributed by atoms with Crippen LogP contribution in [0.5, 0.6) is 0 Å². The lowest BCUT2D eigenvalue weighted by Crippen LogP contribution is -2.50. The van der Waals surface area contributed by atoms with E-state index in [0.717, 1.165) is 27.5 Å². The number of carbonyl (C=O) groups is 3. The lowest BCUT2D eigenvalue weighted by molar-refractivity contribution is -0.143. The van der Waals surface area contributed by atoms with Gasteiger partial charge in [-0.25, -0.2) is 9.69 Å². The third-order valence-electron chi connectivity index (χ3n) is 5.78. The number of nitrogens with zero attached hydrogens (tertiary/aromatic N) is 2. The van der Waals surface area contributed by atoms with Gasteiger partial charge in [-0.3, -0.25) is 9.59 Å². The van der Waals surface area contributed by atoms with Crippen molar-refractivity contribution in [2.24, 2.45) is 0 Å². The number of nitrogens with one attached hydrogen (secondary N) is 1. The number of urea groups is 1. The van der Waals surface area contributed by atoms with Crippen molar-refractivity contribution in [1.82, 2.24) is 15.1 Å². The SMILES string of the molecule is Cc1ccc(CN(Cc2ccco2)C(=O)C(C)N2C(=O)NC3(CCCC3)C2=O)s1. The molecular formula is C21H25N3O4S. The fraction of sp³-hybridized carbons (Fsp3) is 0.476. The van der Waals surface area contributed by atoms with Crippen molar-refractivity contribution >= 4 is 29.2 Å². The zero-order chi connectivity index (χ0) is 20.6. The van der Waals surface area contributed by atoms with Crippen molar-refractivity contribution in [3.05, 3.63) is 46.0 Å². The third-order valence-corrected chi connectivity index (χ3v) is 6.76. The van der Waals surface area contributed by atoms with Gasteiger partial charge in [0.05, 0.1) is 19.4 Å². The van der Waals surface area contributed by atoms with Crippen molar-refractivity contribution in [3.8, 4) is 0 Å². The number of hydrogen-bond donors (Lipinski definition) is 1. The minimum Gasteiger partial charge on any atom is -0.467 e. The largest absolute Gasteiger partial charge is 0.467 e. The number of imide groups is 1. The molecule has 4 amide bonds. The van der Waals surface area contributed by atoms with E-state index in [2.05, 4.69) is 5.32 Å². The van der Waals surface area contributed by atoms with Crippen LogP contribution >= 0.6 is 11.3 Å². The number of aryl methyl sites for hydroxylation is 1. The normalized spacial score (nSPS) is 19.0. The number of carbonyl (C=O) groups excluding carboxylic acids is 3. The van der Waals surface area contributed by atoms with Crippen molar-refractivity contribution in [2.75, 3.05) is 0 Å². The zero-order valence-electron chi connectivity index (χ0n) is 16.6. The lowest BCUT2D eigenvalue weighted by Gasteiger charge is -2.29. The Morgan fingerprint density at radius 3 is 2.66 bits per heavy atom. The molecule has 1 spiro atoms. The fourth-order valence-corrected chi connectivity index (χ4v) is 5.15. The topological polar surface area (TPSA) is 82.9 Å². The molecule has 8 heteroatoms. The van der Waals surface area contributed by atoms with Crippen LogP contribution in [-0.2, 0) is 22.7 Å². The molecule has 1 aliphatic carbocycles. The molecule has 1 aliphatic heterocycles. The molecule has 2 aromatic rings. The summed E-state index contributed by atoms with van der Waals surface area (Å²) in [5.74, 6) is 0.111. The molecule has 4 rings (SSSR count). The maximum atomic E-state index is 13.4. The summed E-state index contributed by atoms with van der Waals surface area (Å²) in [6.45, 7) is 4.32. The van der Waals surface area contributed by atoms with Crippen LogP contribution in [0.15, 0.2) is 34.9 Å². The summed E-state index contributed by atoms with van der Waals surface area (Å²) in [7, 11) is 0. The minimum atomic E-state index is -0.876. The molecule has 1 saturated carbocycles. The first-order valence-electron chi connectivity index (χ1n) is 9.92. The van der Waals surface area contributed by atoms with Gasteiger partial charge in [0.15, 0.2) is 0 Å². The molecule has 1 N–H and O–H groups in total. The molecule has 154 valence electrons. The average molecular weight is 416 g/mol. The Bertz CT molecular complexity index is 914. The molecule has 2 fully saturated rings. The Labute approximate surface area is 173 Å². The van der Waals surface area contributed by atoms with Gasteiger partial charge in [0.2, 0.25) is 5.91 Å². The summed E-state index contributed by atoms with van der Waals surface area (Å²) in [5.41, 5.74) is -0.817. The monoisotopic (exact) mass is 415 g/mol. The van der Waals surface area contributed by atoms with Gasteiger partial charge in [-0.1, -0.05) is 12.8 Å². The highest BCUT2D eigenvalue weighted by atomic mass is 32.1. The highest BCUT2D eigenvalue weighted by Gasteiger charge is 2.54. The third kappa shape index (κ3) is 3.69. The maximum absolute atomic E-state index is 13.4. The average Bonchev–Trinajstić information content (AvgIpc) is 3.46. The van der Waals surface area contributed by atoms with Crippen LogP contribution in [0, 0.1) is 6.92 Å². The Morgan fingerprint density at radius 2 is 2.03 bits per heavy atom. The van der Waals surface area contributed by atoms with Crippen LogP contribution in [-0.4, -0.2) is 39.2 Å². The molecule has 0 bridgehead atoms. The molecule has 1 atom stereocenters. The van der Waals surface area contributed by atoms with Crippen molar-refractivity contribution < 1.29 is 18.8 Å². The maximum Gasteiger partial charge on any atom is 0.325 e. The predicted molar refractivity (Wildman–Crippen MR) is 108 cm³/mol. The molecule has 2 aromatic heterocycles. The van der Waals surface area contributed by atoms with Gasteiger partial charge in [-0.2, -0.15) is 0 Å². The van der Waals surface area contributed by atoms with E-state index in [1.54, 1.807) is 35.5 Å². The molecule has 0 aromatic carbocycles. The second kappa shape index (κ2) is 7.67. The van der Waals surface area contributed by atoms with E-state index in [-0.39, 0.29) is 18.4 Å². The highest BCUT2D eigenvalue weighted by molar-refractivity contribution is 7.11. The Morgan fingerprint density at radius 1 is 1.28 bits per heavy atom. The van der Waals surface area contributed by atoms with E-state index in [1.165, 1.54) is 0 Å². The van der Waals surface area contributed by atoms with Gasteiger partial charge in [0, 0.05) is 9.75 Å². The van der Waals surface area contributed by atoms with Crippen LogP contribution in [0.4, 0.5) is 4.79 Å². The summed E-state index contributed by atoms with van der Waals surface area (Å²) < 4.78 is 5.43. The molecule has 29 heavy (non-hydrogen) atoms. The summed E-state index contributed by atoms with van der Waals surface area (Å²) >= 11 is 1.62. The van der Waals surface area contributed by atoms with Crippen molar-refractivity contribution in [2.45, 2.75) is 64.2 Å². The Kier molecular flexibility index (Phi) is 5.21. The second-order valence-corrected chi connectivity index (χ2v) is 9.23. The van der Waals surface area contributed by atoms with Crippen molar-refractivity contribution in [3.63, 3.8) is 0 Å². The molecule has 7 nitrogen and oxygen atoms in total. The molecule has 3 heterocycles. The smallest absolute Gasteiger partial charge is 0.325 e. The van der Waals surface area contributed by atoms with Gasteiger partial charge < -0.3 is 14.6 Å². The summed E-state index contributed by atoms with van der Waals surface area (Å²) in [4.78, 5) is 44.0. The second-order valence-electron chi connectivity index (χ2n) is 7.86. The molecule has 1 unspecified atom stereocenters. The van der Waals surface area contributed by atoms with E-state index in [1.807, 2.05) is 25.1 Å². The van der Waals surface area contributed by atoms with E-state index < -0.39 is 17.6 Å². The van der Waals surface area contributed by atoms with Gasteiger partial charge in [0.1, 0.15) is 17.3 Å². The van der Waals surface area contributed by atoms with Gasteiger partial charge in [-0.15, -0.1) is 11.3 Å². The summed E-state index contributed by atoms with van der Waals surface area (Å²) in [5, 5.41) is 2.85. The minimum absolute atomic E-state index is 0.272. The Hall–Kier alpha value is -2.61. The van der Waals surface area contributed by atoms with E-state index in [0.29, 0.717) is 25.1 Å². The molecular weight excluding hydrogens is 390 g/mol. The highest BCUT2D eigenvalue weighted by Crippen LogP contribution is 2.36. The van der Waals surface area contributed by atoms with Crippen LogP contribution in [0.25, 0.3) is 0 Å². The number of hydrogen-bond acceptors (Lipinski definition) is 5. The fourth-order valence-electron chi connectivity index (χ4n) is 4.25. The molecule has 1 saturated heterocycles. The first-order chi connectivity index (χ1) is 13.9. The summed E-state index contributed by atoms with van der Waals surface area (Å²) in [6, 6.07) is 6.25. The lowest BCUT2D eigenvalue weighted by atomic mass is 9.97. The van der Waals surface area contributed by atoms with Crippen LogP contribution in [0.1, 0.15) is 48.1 Å². The van der Waals surface area contributed by atoms with Crippen LogP contribution < -0.4 is 5.32 Å². The van der Waals surface area contributed by atoms with E-state index in [4.69, 9.17) is 4.42 Å². The standard InChI is InChI=1S/C21H25N3O4S/c1-14-7-8-17(29-14)13-23(12-16-6-5-11-28-16)18(25)15(2)24-19(26)21(22-20(24)27)9-3-4-10-21/h5-8,11,15H,3-4,9-10,12-13H2,1-2H3,(H,22,27). The Balaban J connectivity index is 1.55. The number of rotatable bonds is 6. The van der Waals surface area contributed by atoms with Crippen LogP contribution in [0.3, 0.4) is 0 Å². The van der Waals surface area contributed by atoms with Crippen LogP contribution in [0.2, 0.25) is 0 Å². The number of thiophene rings is 1. The van der Waals surface area contributed by atoms with Gasteiger partial charge >= 0.3 is 6.03 Å². The predicted octanol–water partition coefficient (Wildman–Crippen LogP) is 3.43. The van der Waals surface area contributed by atoms with E-state index in [9.17, 15) is 14.4 Å². The number of amides is 4. The quantitative estimate of drug-likeness (QED) is 0.733.